The van der Waals surface area contributed by atoms with Crippen LogP contribution in [0.5, 0.6) is 11.5 Å². The molecule has 1 aliphatic carbocycles. The molecule has 1 atom stereocenters. The highest BCUT2D eigenvalue weighted by Gasteiger charge is 2.60. The number of benzene rings is 3. The van der Waals surface area contributed by atoms with Crippen molar-refractivity contribution in [3.8, 4) is 11.5 Å². The summed E-state index contributed by atoms with van der Waals surface area (Å²) in [4.78, 5) is 13.2. The van der Waals surface area contributed by atoms with Crippen LogP contribution >= 0.6 is 11.6 Å². The average Bonchev–Trinajstić information content (AvgIpc) is 3.53. The summed E-state index contributed by atoms with van der Waals surface area (Å²) in [5.41, 5.74) is 2.28. The van der Waals surface area contributed by atoms with Gasteiger partial charge >= 0.3 is 0 Å². The first kappa shape index (κ1) is 19.3. The molecule has 0 saturated heterocycles. The fourth-order valence-electron chi connectivity index (χ4n) is 3.97. The van der Waals surface area contributed by atoms with E-state index in [2.05, 4.69) is 5.32 Å². The third-order valence-corrected chi connectivity index (χ3v) is 5.91. The number of carbonyl (C=O) groups is 1. The van der Waals surface area contributed by atoms with Gasteiger partial charge in [-0.25, -0.2) is 0 Å². The van der Waals surface area contributed by atoms with Crippen LogP contribution in [0.25, 0.3) is 0 Å². The van der Waals surface area contributed by atoms with Crippen LogP contribution in [-0.4, -0.2) is 20.1 Å². The molecule has 0 bridgehead atoms. The Kier molecular flexibility index (Phi) is 5.20. The van der Waals surface area contributed by atoms with Gasteiger partial charge in [-0.15, -0.1) is 0 Å². The van der Waals surface area contributed by atoms with Gasteiger partial charge in [-0.3, -0.25) is 4.79 Å². The van der Waals surface area contributed by atoms with Crippen molar-refractivity contribution in [3.63, 3.8) is 0 Å². The van der Waals surface area contributed by atoms with E-state index in [0.29, 0.717) is 17.1 Å². The molecule has 4 nitrogen and oxygen atoms in total. The quantitative estimate of drug-likeness (QED) is 0.603. The van der Waals surface area contributed by atoms with E-state index in [4.69, 9.17) is 21.1 Å². The molecule has 1 aliphatic rings. The largest absolute Gasteiger partial charge is 0.497 e. The Hall–Kier alpha value is -2.98. The second-order valence-corrected chi connectivity index (χ2v) is 7.57. The Morgan fingerprint density at radius 2 is 1.52 bits per heavy atom. The number of rotatable bonds is 6. The van der Waals surface area contributed by atoms with E-state index in [0.717, 1.165) is 22.6 Å². The Bertz CT molecular complexity index is 1000. The number of halogens is 1. The van der Waals surface area contributed by atoms with Gasteiger partial charge < -0.3 is 14.8 Å². The number of methoxy groups -OCH3 is 2. The third kappa shape index (κ3) is 3.56. The van der Waals surface area contributed by atoms with Gasteiger partial charge in [-0.05, 0) is 53.9 Å². The fourth-order valence-corrected chi connectivity index (χ4v) is 4.15. The highest BCUT2D eigenvalue weighted by molar-refractivity contribution is 6.33. The minimum atomic E-state index is -0.436. The Morgan fingerprint density at radius 3 is 2.07 bits per heavy atom. The number of hydrogen-bond donors (Lipinski definition) is 1. The molecule has 0 aliphatic heterocycles. The van der Waals surface area contributed by atoms with Crippen LogP contribution in [0, 0.1) is 5.92 Å². The molecule has 0 spiro atoms. The highest BCUT2D eigenvalue weighted by Crippen LogP contribution is 2.60. The molecule has 0 aromatic heterocycles. The first-order chi connectivity index (χ1) is 14.1. The van der Waals surface area contributed by atoms with Gasteiger partial charge in [-0.2, -0.15) is 0 Å². The zero-order valence-corrected chi connectivity index (χ0v) is 17.1. The van der Waals surface area contributed by atoms with Gasteiger partial charge in [0.2, 0.25) is 5.91 Å². The van der Waals surface area contributed by atoms with Crippen LogP contribution in [0.3, 0.4) is 0 Å². The fraction of sp³-hybridized carbons (Fsp3) is 0.208. The number of hydrogen-bond acceptors (Lipinski definition) is 3. The average molecular weight is 408 g/mol. The highest BCUT2D eigenvalue weighted by atomic mass is 35.5. The lowest BCUT2D eigenvalue weighted by atomic mass is 9.85. The van der Waals surface area contributed by atoms with Crippen molar-refractivity contribution < 1.29 is 14.3 Å². The molecule has 5 heteroatoms. The standard InChI is InChI=1S/C24H22ClNO3/c1-28-18-9-5-7-16(13-18)24(17-8-6-10-19(14-17)29-2)15-20(24)23(27)26-22-12-4-3-11-21(22)25/h3-14,20H,15H2,1-2H3,(H,26,27)/t20-/m0/s1. The van der Waals surface area contributed by atoms with Gasteiger partial charge in [0.15, 0.2) is 0 Å². The minimum absolute atomic E-state index is 0.0521. The van der Waals surface area contributed by atoms with Gasteiger partial charge in [0, 0.05) is 5.41 Å². The number of ether oxygens (including phenoxy) is 2. The maximum absolute atomic E-state index is 13.2. The molecule has 4 rings (SSSR count). The summed E-state index contributed by atoms with van der Waals surface area (Å²) in [7, 11) is 3.29. The van der Waals surface area contributed by atoms with E-state index in [1.807, 2.05) is 60.7 Å². The lowest BCUT2D eigenvalue weighted by Gasteiger charge is -2.20. The van der Waals surface area contributed by atoms with Crippen molar-refractivity contribution in [3.05, 3.63) is 88.9 Å². The van der Waals surface area contributed by atoms with Gasteiger partial charge in [0.05, 0.1) is 30.8 Å². The van der Waals surface area contributed by atoms with E-state index in [1.54, 1.807) is 26.4 Å². The number of amides is 1. The van der Waals surface area contributed by atoms with Gasteiger partial charge in [-0.1, -0.05) is 48.0 Å². The first-order valence-corrected chi connectivity index (χ1v) is 9.81. The van der Waals surface area contributed by atoms with Crippen molar-refractivity contribution in [2.24, 2.45) is 5.92 Å². The van der Waals surface area contributed by atoms with Crippen LogP contribution in [0.4, 0.5) is 5.69 Å². The van der Waals surface area contributed by atoms with Crippen LogP contribution < -0.4 is 14.8 Å². The summed E-state index contributed by atoms with van der Waals surface area (Å²) in [6.45, 7) is 0. The van der Waals surface area contributed by atoms with E-state index in [-0.39, 0.29) is 11.8 Å². The molecule has 1 N–H and O–H groups in total. The molecule has 1 amide bonds. The van der Waals surface area contributed by atoms with E-state index < -0.39 is 5.41 Å². The van der Waals surface area contributed by atoms with E-state index >= 15 is 0 Å². The van der Waals surface area contributed by atoms with Crippen LogP contribution in [0.2, 0.25) is 5.02 Å². The Balaban J connectivity index is 1.73. The topological polar surface area (TPSA) is 47.6 Å². The van der Waals surface area contributed by atoms with Crippen LogP contribution in [-0.2, 0) is 10.2 Å². The number of para-hydroxylation sites is 1. The smallest absolute Gasteiger partial charge is 0.228 e. The molecule has 0 unspecified atom stereocenters. The molecule has 1 fully saturated rings. The summed E-state index contributed by atoms with van der Waals surface area (Å²) >= 11 is 6.23. The summed E-state index contributed by atoms with van der Waals surface area (Å²) < 4.78 is 10.8. The minimum Gasteiger partial charge on any atom is -0.497 e. The third-order valence-electron chi connectivity index (χ3n) is 5.58. The van der Waals surface area contributed by atoms with Crippen molar-refractivity contribution in [2.75, 3.05) is 19.5 Å². The maximum Gasteiger partial charge on any atom is 0.228 e. The summed E-state index contributed by atoms with van der Waals surface area (Å²) in [6, 6.07) is 23.1. The molecular weight excluding hydrogens is 386 g/mol. The molecule has 0 radical (unpaired) electrons. The van der Waals surface area contributed by atoms with Crippen molar-refractivity contribution in [2.45, 2.75) is 11.8 Å². The lowest BCUT2D eigenvalue weighted by molar-refractivity contribution is -0.117. The van der Waals surface area contributed by atoms with E-state index in [1.165, 1.54) is 0 Å². The maximum atomic E-state index is 13.2. The van der Waals surface area contributed by atoms with Crippen LogP contribution in [0.1, 0.15) is 17.5 Å². The van der Waals surface area contributed by atoms with Crippen molar-refractivity contribution in [1.82, 2.24) is 0 Å². The SMILES string of the molecule is COc1cccc(C2(c3cccc(OC)c3)C[C@H]2C(=O)Nc2ccccc2Cl)c1. The Labute approximate surface area is 175 Å². The van der Waals surface area contributed by atoms with Crippen LogP contribution in [0.15, 0.2) is 72.8 Å². The number of anilines is 1. The zero-order chi connectivity index (χ0) is 20.4. The summed E-state index contributed by atoms with van der Waals surface area (Å²) in [5, 5.41) is 3.51. The molecule has 1 saturated carbocycles. The normalized spacial score (nSPS) is 16.7. The Morgan fingerprint density at radius 1 is 0.931 bits per heavy atom. The molecule has 3 aromatic rings. The summed E-state index contributed by atoms with van der Waals surface area (Å²) in [5.74, 6) is 1.26. The predicted molar refractivity (Wildman–Crippen MR) is 115 cm³/mol. The number of carbonyl (C=O) groups excluding carboxylic acids is 1. The molecule has 148 valence electrons. The predicted octanol–water partition coefficient (Wildman–Crippen LogP) is 5.30. The number of nitrogens with one attached hydrogen (secondary N) is 1. The molecule has 29 heavy (non-hydrogen) atoms. The van der Waals surface area contributed by atoms with Gasteiger partial charge in [0.25, 0.3) is 0 Å². The van der Waals surface area contributed by atoms with Crippen molar-refractivity contribution >= 4 is 23.2 Å². The second-order valence-electron chi connectivity index (χ2n) is 7.16. The molecular formula is C24H22ClNO3. The second kappa shape index (κ2) is 7.80. The first-order valence-electron chi connectivity index (χ1n) is 9.43. The monoisotopic (exact) mass is 407 g/mol. The lowest BCUT2D eigenvalue weighted by Crippen LogP contribution is -2.22. The molecule has 3 aromatic carbocycles. The van der Waals surface area contributed by atoms with Gasteiger partial charge in [0.1, 0.15) is 11.5 Å². The zero-order valence-electron chi connectivity index (χ0n) is 16.3. The molecule has 0 heterocycles. The van der Waals surface area contributed by atoms with E-state index in [9.17, 15) is 4.79 Å². The summed E-state index contributed by atoms with van der Waals surface area (Å²) in [6.07, 6.45) is 0.698. The van der Waals surface area contributed by atoms with Crippen molar-refractivity contribution in [1.29, 1.82) is 0 Å².